The van der Waals surface area contributed by atoms with Crippen LogP contribution in [0.25, 0.3) is 0 Å². The first-order chi connectivity index (χ1) is 8.33. The first-order valence-electron chi connectivity index (χ1n) is 6.16. The minimum atomic E-state index is 0. The Morgan fingerprint density at radius 3 is 2.47 bits per heavy atom. The second-order valence-electron chi connectivity index (χ2n) is 4.38. The standard InChI is InChI=1S/C14H20N2O.2ClH/c1-2-5-13(16-10-8-15-9-11-16)12-6-3-4-7-14(12)17;;/h2-4,6-7,13,15,17H,1,5,8-11H2;2*1H/t13-;;/m1../s1. The van der Waals surface area contributed by atoms with Crippen LogP contribution in [0.2, 0.25) is 0 Å². The predicted molar refractivity (Wildman–Crippen MR) is 84.6 cm³/mol. The lowest BCUT2D eigenvalue weighted by Crippen LogP contribution is -2.45. The maximum atomic E-state index is 9.96. The molecule has 1 aliphatic heterocycles. The fourth-order valence-corrected chi connectivity index (χ4v) is 2.39. The highest BCUT2D eigenvalue weighted by molar-refractivity contribution is 5.85. The van der Waals surface area contributed by atoms with E-state index in [1.165, 1.54) is 0 Å². The number of piperazine rings is 1. The zero-order chi connectivity index (χ0) is 12.1. The van der Waals surface area contributed by atoms with E-state index in [9.17, 15) is 5.11 Å². The summed E-state index contributed by atoms with van der Waals surface area (Å²) in [5.74, 6) is 0.387. The molecule has 1 saturated heterocycles. The third-order valence-electron chi connectivity index (χ3n) is 3.28. The molecule has 1 atom stereocenters. The summed E-state index contributed by atoms with van der Waals surface area (Å²) in [6, 6.07) is 7.85. The molecule has 19 heavy (non-hydrogen) atoms. The van der Waals surface area contributed by atoms with Gasteiger partial charge in [0, 0.05) is 37.8 Å². The molecule has 0 aromatic heterocycles. The summed E-state index contributed by atoms with van der Waals surface area (Å²) in [5.41, 5.74) is 1.01. The molecule has 0 aliphatic carbocycles. The molecule has 0 bridgehead atoms. The Morgan fingerprint density at radius 2 is 1.89 bits per heavy atom. The average molecular weight is 305 g/mol. The van der Waals surface area contributed by atoms with Crippen LogP contribution >= 0.6 is 24.8 Å². The van der Waals surface area contributed by atoms with Crippen LogP contribution in [-0.2, 0) is 0 Å². The molecule has 108 valence electrons. The van der Waals surface area contributed by atoms with Crippen LogP contribution < -0.4 is 5.32 Å². The number of phenols is 1. The van der Waals surface area contributed by atoms with Crippen molar-refractivity contribution in [1.82, 2.24) is 10.2 Å². The van der Waals surface area contributed by atoms with Gasteiger partial charge in [-0.2, -0.15) is 0 Å². The minimum Gasteiger partial charge on any atom is -0.508 e. The van der Waals surface area contributed by atoms with Gasteiger partial charge in [-0.15, -0.1) is 31.4 Å². The molecular formula is C14H22Cl2N2O. The quantitative estimate of drug-likeness (QED) is 0.840. The van der Waals surface area contributed by atoms with E-state index < -0.39 is 0 Å². The lowest BCUT2D eigenvalue weighted by molar-refractivity contribution is 0.172. The minimum absolute atomic E-state index is 0. The van der Waals surface area contributed by atoms with Crippen LogP contribution in [0, 0.1) is 0 Å². The molecular weight excluding hydrogens is 283 g/mol. The van der Waals surface area contributed by atoms with E-state index in [1.807, 2.05) is 24.3 Å². The van der Waals surface area contributed by atoms with Crippen LogP contribution in [0.3, 0.4) is 0 Å². The molecule has 1 aromatic rings. The van der Waals surface area contributed by atoms with E-state index in [-0.39, 0.29) is 30.9 Å². The van der Waals surface area contributed by atoms with E-state index in [1.54, 1.807) is 6.07 Å². The third kappa shape index (κ3) is 4.69. The van der Waals surface area contributed by atoms with Crippen LogP contribution in [-0.4, -0.2) is 36.2 Å². The first kappa shape index (κ1) is 18.3. The normalized spacial score (nSPS) is 16.8. The monoisotopic (exact) mass is 304 g/mol. The highest BCUT2D eigenvalue weighted by Crippen LogP contribution is 2.31. The van der Waals surface area contributed by atoms with Gasteiger partial charge in [-0.3, -0.25) is 4.90 Å². The number of nitrogens with one attached hydrogen (secondary N) is 1. The number of rotatable bonds is 4. The van der Waals surface area contributed by atoms with Gasteiger partial charge in [0.2, 0.25) is 0 Å². The zero-order valence-electron chi connectivity index (χ0n) is 10.9. The molecule has 0 radical (unpaired) electrons. The van der Waals surface area contributed by atoms with E-state index in [2.05, 4.69) is 16.8 Å². The Kier molecular flexibility index (Phi) is 8.85. The number of nitrogens with zero attached hydrogens (tertiary/aromatic N) is 1. The molecule has 1 heterocycles. The predicted octanol–water partition coefficient (Wildman–Crippen LogP) is 2.76. The van der Waals surface area contributed by atoms with Crippen molar-refractivity contribution in [3.05, 3.63) is 42.5 Å². The largest absolute Gasteiger partial charge is 0.508 e. The maximum Gasteiger partial charge on any atom is 0.120 e. The molecule has 0 amide bonds. The van der Waals surface area contributed by atoms with Gasteiger partial charge in [0.05, 0.1) is 0 Å². The van der Waals surface area contributed by atoms with Crippen molar-refractivity contribution in [2.75, 3.05) is 26.2 Å². The van der Waals surface area contributed by atoms with Gasteiger partial charge in [0.15, 0.2) is 0 Å². The SMILES string of the molecule is C=CC[C@H](c1ccccc1O)N1CCNCC1.Cl.Cl. The molecule has 5 heteroatoms. The molecule has 1 fully saturated rings. The van der Waals surface area contributed by atoms with Crippen molar-refractivity contribution in [3.63, 3.8) is 0 Å². The van der Waals surface area contributed by atoms with E-state index in [4.69, 9.17) is 0 Å². The van der Waals surface area contributed by atoms with Gasteiger partial charge in [-0.05, 0) is 12.5 Å². The summed E-state index contributed by atoms with van der Waals surface area (Å²) in [4.78, 5) is 2.41. The molecule has 2 rings (SSSR count). The Balaban J connectivity index is 0.00000162. The van der Waals surface area contributed by atoms with Gasteiger partial charge >= 0.3 is 0 Å². The van der Waals surface area contributed by atoms with Gasteiger partial charge in [0.25, 0.3) is 0 Å². The number of aromatic hydroxyl groups is 1. The number of benzene rings is 1. The number of hydrogen-bond acceptors (Lipinski definition) is 3. The summed E-state index contributed by atoms with van der Waals surface area (Å²) in [5, 5.41) is 13.3. The van der Waals surface area contributed by atoms with E-state index >= 15 is 0 Å². The summed E-state index contributed by atoms with van der Waals surface area (Å²) in [6.07, 6.45) is 2.80. The van der Waals surface area contributed by atoms with Crippen LogP contribution in [0.15, 0.2) is 36.9 Å². The molecule has 1 aliphatic rings. The summed E-state index contributed by atoms with van der Waals surface area (Å²) in [7, 11) is 0. The van der Waals surface area contributed by atoms with E-state index in [0.29, 0.717) is 5.75 Å². The van der Waals surface area contributed by atoms with Crippen molar-refractivity contribution in [2.45, 2.75) is 12.5 Å². The molecule has 0 spiro atoms. The zero-order valence-corrected chi connectivity index (χ0v) is 12.6. The number of phenolic OH excluding ortho intramolecular Hbond substituents is 1. The lowest BCUT2D eigenvalue weighted by Gasteiger charge is -2.35. The number of hydrogen-bond donors (Lipinski definition) is 2. The lowest BCUT2D eigenvalue weighted by atomic mass is 10.00. The molecule has 2 N–H and O–H groups in total. The van der Waals surface area contributed by atoms with Crippen LogP contribution in [0.1, 0.15) is 18.0 Å². The number of para-hydroxylation sites is 1. The Morgan fingerprint density at radius 1 is 1.26 bits per heavy atom. The van der Waals surface area contributed by atoms with Crippen molar-refractivity contribution >= 4 is 24.8 Å². The van der Waals surface area contributed by atoms with Gasteiger partial charge in [-0.1, -0.05) is 24.3 Å². The molecule has 0 saturated carbocycles. The molecule has 1 aromatic carbocycles. The van der Waals surface area contributed by atoms with Gasteiger partial charge in [-0.25, -0.2) is 0 Å². The van der Waals surface area contributed by atoms with Crippen molar-refractivity contribution in [2.24, 2.45) is 0 Å². The fraction of sp³-hybridized carbons (Fsp3) is 0.429. The van der Waals surface area contributed by atoms with Crippen molar-refractivity contribution in [1.29, 1.82) is 0 Å². The Labute approximate surface area is 127 Å². The molecule has 3 nitrogen and oxygen atoms in total. The summed E-state index contributed by atoms with van der Waals surface area (Å²) in [6.45, 7) is 7.90. The van der Waals surface area contributed by atoms with Crippen molar-refractivity contribution in [3.8, 4) is 5.75 Å². The van der Waals surface area contributed by atoms with Crippen molar-refractivity contribution < 1.29 is 5.11 Å². The van der Waals surface area contributed by atoms with Gasteiger partial charge < -0.3 is 10.4 Å². The number of halogens is 2. The second kappa shape index (κ2) is 9.21. The highest BCUT2D eigenvalue weighted by Gasteiger charge is 2.22. The third-order valence-corrected chi connectivity index (χ3v) is 3.28. The average Bonchev–Trinajstić information content (AvgIpc) is 2.38. The smallest absolute Gasteiger partial charge is 0.120 e. The Hall–Kier alpha value is -0.740. The summed E-state index contributed by atoms with van der Waals surface area (Å²) < 4.78 is 0. The van der Waals surface area contributed by atoms with Crippen LogP contribution in [0.4, 0.5) is 0 Å². The van der Waals surface area contributed by atoms with Gasteiger partial charge in [0.1, 0.15) is 5.75 Å². The fourth-order valence-electron chi connectivity index (χ4n) is 2.39. The highest BCUT2D eigenvalue weighted by atomic mass is 35.5. The molecule has 0 unspecified atom stereocenters. The second-order valence-corrected chi connectivity index (χ2v) is 4.38. The summed E-state index contributed by atoms with van der Waals surface area (Å²) >= 11 is 0. The topological polar surface area (TPSA) is 35.5 Å². The Bertz CT molecular complexity index is 381. The first-order valence-corrected chi connectivity index (χ1v) is 6.16. The maximum absolute atomic E-state index is 9.96. The van der Waals surface area contributed by atoms with Crippen LogP contribution in [0.5, 0.6) is 5.75 Å². The van der Waals surface area contributed by atoms with E-state index in [0.717, 1.165) is 38.2 Å².